The highest BCUT2D eigenvalue weighted by Gasteiger charge is 2.34. The van der Waals surface area contributed by atoms with Crippen LogP contribution in [-0.2, 0) is 7.05 Å². The standard InChI is InChI=1S/C29H22N2O3/c1-15-9-16(2)26(17(3)10-15)23-14-24-29(31(23)4)30-25(34-24)13-22-27(32)20-11-18-7-5-6-8-19(18)12-21(20)28(22)33/h5-14H,1-4H3. The maximum absolute atomic E-state index is 13.1. The van der Waals surface area contributed by atoms with Gasteiger partial charge >= 0.3 is 0 Å². The zero-order valence-corrected chi connectivity index (χ0v) is 19.4. The largest absolute Gasteiger partial charge is 0.435 e. The fourth-order valence-electron chi connectivity index (χ4n) is 5.16. The summed E-state index contributed by atoms with van der Waals surface area (Å²) in [5.74, 6) is -0.335. The van der Waals surface area contributed by atoms with Gasteiger partial charge in [0.1, 0.15) is 0 Å². The van der Waals surface area contributed by atoms with Crippen molar-refractivity contribution in [2.75, 3.05) is 0 Å². The Balaban J connectivity index is 1.42. The summed E-state index contributed by atoms with van der Waals surface area (Å²) >= 11 is 0. The fraction of sp³-hybridized carbons (Fsp3) is 0.138. The minimum absolute atomic E-state index is 0.0855. The lowest BCUT2D eigenvalue weighted by Gasteiger charge is -2.12. The van der Waals surface area contributed by atoms with Crippen molar-refractivity contribution in [1.82, 2.24) is 9.55 Å². The molecule has 0 atom stereocenters. The number of oxazole rings is 1. The van der Waals surface area contributed by atoms with Gasteiger partial charge in [0.15, 0.2) is 22.8 Å². The molecule has 0 unspecified atom stereocenters. The molecular weight excluding hydrogens is 424 g/mol. The Bertz CT molecular complexity index is 1650. The Morgan fingerprint density at radius 2 is 1.44 bits per heavy atom. The molecule has 5 nitrogen and oxygen atoms in total. The molecule has 0 saturated carbocycles. The van der Waals surface area contributed by atoms with E-state index in [0.717, 1.165) is 22.0 Å². The maximum atomic E-state index is 13.1. The van der Waals surface area contributed by atoms with E-state index < -0.39 is 0 Å². The molecule has 0 N–H and O–H groups in total. The second kappa shape index (κ2) is 7.12. The number of aromatic nitrogens is 2. The SMILES string of the molecule is Cc1cc(C)c(-c2cc3oc(C=C4C(=O)c5cc6ccccc6cc5C4=O)nc3n2C)c(C)c1. The highest BCUT2D eigenvalue weighted by molar-refractivity contribution is 6.42. The number of ketones is 2. The Morgan fingerprint density at radius 1 is 0.853 bits per heavy atom. The molecule has 166 valence electrons. The number of benzene rings is 3. The Hall–Kier alpha value is -4.25. The van der Waals surface area contributed by atoms with Crippen molar-refractivity contribution in [1.29, 1.82) is 0 Å². The predicted octanol–water partition coefficient (Wildman–Crippen LogP) is 6.37. The molecule has 5 heteroatoms. The molecule has 0 fully saturated rings. The van der Waals surface area contributed by atoms with Gasteiger partial charge in [-0.3, -0.25) is 9.59 Å². The number of hydrogen-bond donors (Lipinski definition) is 0. The van der Waals surface area contributed by atoms with Crippen LogP contribution in [0.15, 0.2) is 64.6 Å². The third-order valence-electron chi connectivity index (χ3n) is 6.66. The van der Waals surface area contributed by atoms with Gasteiger partial charge in [-0.15, -0.1) is 0 Å². The minimum atomic E-state index is -0.292. The molecule has 0 aliphatic heterocycles. The summed E-state index contributed by atoms with van der Waals surface area (Å²) in [5.41, 5.74) is 8.01. The van der Waals surface area contributed by atoms with Gasteiger partial charge in [-0.25, -0.2) is 0 Å². The first kappa shape index (κ1) is 20.4. The van der Waals surface area contributed by atoms with Gasteiger partial charge < -0.3 is 8.98 Å². The number of aryl methyl sites for hydroxylation is 4. The normalized spacial score (nSPS) is 13.4. The van der Waals surface area contributed by atoms with Crippen molar-refractivity contribution >= 4 is 39.6 Å². The number of rotatable bonds is 2. The molecule has 5 aromatic rings. The Kier molecular flexibility index (Phi) is 4.27. The van der Waals surface area contributed by atoms with Crippen LogP contribution >= 0.6 is 0 Å². The highest BCUT2D eigenvalue weighted by atomic mass is 16.3. The lowest BCUT2D eigenvalue weighted by atomic mass is 9.97. The van der Waals surface area contributed by atoms with Gasteiger partial charge in [0.2, 0.25) is 5.89 Å². The van der Waals surface area contributed by atoms with E-state index in [1.54, 1.807) is 12.1 Å². The van der Waals surface area contributed by atoms with Crippen molar-refractivity contribution in [3.8, 4) is 11.3 Å². The summed E-state index contributed by atoms with van der Waals surface area (Å²) in [6, 6.07) is 17.6. The number of fused-ring (bicyclic) bond motifs is 3. The lowest BCUT2D eigenvalue weighted by Crippen LogP contribution is -2.00. The van der Waals surface area contributed by atoms with E-state index in [2.05, 4.69) is 37.9 Å². The van der Waals surface area contributed by atoms with Crippen molar-refractivity contribution in [2.45, 2.75) is 20.8 Å². The Morgan fingerprint density at radius 3 is 2.00 bits per heavy atom. The number of allylic oxidation sites excluding steroid dienone is 1. The molecule has 0 bridgehead atoms. The van der Waals surface area contributed by atoms with Crippen molar-refractivity contribution < 1.29 is 14.0 Å². The van der Waals surface area contributed by atoms with E-state index in [-0.39, 0.29) is 23.0 Å². The molecule has 6 rings (SSSR count). The van der Waals surface area contributed by atoms with E-state index in [1.165, 1.54) is 22.8 Å². The molecule has 1 aliphatic rings. The van der Waals surface area contributed by atoms with E-state index in [4.69, 9.17) is 4.42 Å². The average Bonchev–Trinajstić information content (AvgIpc) is 3.40. The molecule has 1 aliphatic carbocycles. The van der Waals surface area contributed by atoms with Crippen LogP contribution in [-0.4, -0.2) is 21.1 Å². The first-order valence-electron chi connectivity index (χ1n) is 11.2. The lowest BCUT2D eigenvalue weighted by molar-refractivity contribution is 0.0990. The van der Waals surface area contributed by atoms with Crippen LogP contribution in [0.2, 0.25) is 0 Å². The molecule has 3 aromatic carbocycles. The maximum Gasteiger partial charge on any atom is 0.222 e. The van der Waals surface area contributed by atoms with E-state index in [0.29, 0.717) is 22.4 Å². The molecule has 0 radical (unpaired) electrons. The molecule has 34 heavy (non-hydrogen) atoms. The van der Waals surface area contributed by atoms with Crippen LogP contribution in [0.3, 0.4) is 0 Å². The molecule has 0 amide bonds. The number of carbonyl (C=O) groups excluding carboxylic acids is 2. The highest BCUT2D eigenvalue weighted by Crippen LogP contribution is 2.35. The van der Waals surface area contributed by atoms with E-state index in [1.807, 2.05) is 41.9 Å². The summed E-state index contributed by atoms with van der Waals surface area (Å²) < 4.78 is 7.97. The summed E-state index contributed by atoms with van der Waals surface area (Å²) in [6.07, 6.45) is 1.47. The number of carbonyl (C=O) groups is 2. The van der Waals surface area contributed by atoms with Crippen LogP contribution in [0.5, 0.6) is 0 Å². The number of Topliss-reactive ketones (excluding diaryl/α,β-unsaturated/α-hetero) is 2. The topological polar surface area (TPSA) is 65.1 Å². The summed E-state index contributed by atoms with van der Waals surface area (Å²) in [6.45, 7) is 6.30. The van der Waals surface area contributed by atoms with E-state index in [9.17, 15) is 9.59 Å². The molecule has 0 spiro atoms. The van der Waals surface area contributed by atoms with Gasteiger partial charge in [-0.2, -0.15) is 4.98 Å². The van der Waals surface area contributed by atoms with Crippen LogP contribution in [0.4, 0.5) is 0 Å². The smallest absolute Gasteiger partial charge is 0.222 e. The monoisotopic (exact) mass is 446 g/mol. The van der Waals surface area contributed by atoms with Gasteiger partial charge in [0, 0.05) is 35.9 Å². The van der Waals surface area contributed by atoms with E-state index >= 15 is 0 Å². The predicted molar refractivity (Wildman–Crippen MR) is 133 cm³/mol. The zero-order valence-electron chi connectivity index (χ0n) is 19.4. The Labute approximate surface area is 196 Å². The van der Waals surface area contributed by atoms with Gasteiger partial charge in [0.25, 0.3) is 0 Å². The van der Waals surface area contributed by atoms with Gasteiger partial charge in [-0.1, -0.05) is 42.0 Å². The molecule has 2 aromatic heterocycles. The quantitative estimate of drug-likeness (QED) is 0.233. The first-order valence-corrected chi connectivity index (χ1v) is 11.2. The third kappa shape index (κ3) is 2.90. The molecule has 2 heterocycles. The van der Waals surface area contributed by atoms with Crippen LogP contribution < -0.4 is 0 Å². The van der Waals surface area contributed by atoms with Crippen LogP contribution in [0.25, 0.3) is 39.3 Å². The van der Waals surface area contributed by atoms with Gasteiger partial charge in [-0.05, 0) is 54.8 Å². The summed E-state index contributed by atoms with van der Waals surface area (Å²) in [5, 5.41) is 1.86. The molecular formula is C29H22N2O3. The van der Waals surface area contributed by atoms with Crippen molar-refractivity contribution in [3.05, 3.63) is 93.9 Å². The van der Waals surface area contributed by atoms with Crippen molar-refractivity contribution in [3.63, 3.8) is 0 Å². The van der Waals surface area contributed by atoms with Crippen LogP contribution in [0, 0.1) is 20.8 Å². The second-order valence-electron chi connectivity index (χ2n) is 9.06. The molecule has 0 saturated heterocycles. The minimum Gasteiger partial charge on any atom is -0.435 e. The number of nitrogens with zero attached hydrogens (tertiary/aromatic N) is 2. The third-order valence-corrected chi connectivity index (χ3v) is 6.66. The average molecular weight is 447 g/mol. The summed E-state index contributed by atoms with van der Waals surface area (Å²) in [4.78, 5) is 30.7. The fourth-order valence-corrected chi connectivity index (χ4v) is 5.16. The van der Waals surface area contributed by atoms with Crippen molar-refractivity contribution in [2.24, 2.45) is 7.05 Å². The van der Waals surface area contributed by atoms with Gasteiger partial charge in [0.05, 0.1) is 11.3 Å². The van der Waals surface area contributed by atoms with Crippen LogP contribution in [0.1, 0.15) is 43.3 Å². The summed E-state index contributed by atoms with van der Waals surface area (Å²) in [7, 11) is 1.95. The second-order valence-corrected chi connectivity index (χ2v) is 9.06. The number of hydrogen-bond acceptors (Lipinski definition) is 4. The first-order chi connectivity index (χ1) is 16.3. The zero-order chi connectivity index (χ0) is 23.7.